The van der Waals surface area contributed by atoms with E-state index in [1.54, 1.807) is 30.0 Å². The highest BCUT2D eigenvalue weighted by atomic mass is 35.5. The van der Waals surface area contributed by atoms with Crippen molar-refractivity contribution >= 4 is 57.8 Å². The molecule has 0 spiro atoms. The highest BCUT2D eigenvalue weighted by Crippen LogP contribution is 2.36. The molecule has 0 atom stereocenters. The Morgan fingerprint density at radius 1 is 1.11 bits per heavy atom. The second-order valence-electron chi connectivity index (χ2n) is 8.85. The number of nitrogens with one attached hydrogen (secondary N) is 1. The lowest BCUT2D eigenvalue weighted by atomic mass is 10.0. The highest BCUT2D eigenvalue weighted by molar-refractivity contribution is 6.42. The molecule has 0 aliphatic carbocycles. The van der Waals surface area contributed by atoms with Crippen LogP contribution in [0.4, 0.5) is 4.79 Å². The molecule has 1 amide bonds. The molecule has 1 aliphatic heterocycles. The maximum absolute atomic E-state index is 13.4. The van der Waals surface area contributed by atoms with Gasteiger partial charge in [0.25, 0.3) is 0 Å². The summed E-state index contributed by atoms with van der Waals surface area (Å²) in [5.41, 5.74) is 4.81. The van der Waals surface area contributed by atoms with Gasteiger partial charge in [0.15, 0.2) is 0 Å². The summed E-state index contributed by atoms with van der Waals surface area (Å²) in [6.45, 7) is 2.65. The zero-order valence-electron chi connectivity index (χ0n) is 20.2. The van der Waals surface area contributed by atoms with Gasteiger partial charge in [0.05, 0.1) is 22.7 Å². The molecule has 2 aromatic carbocycles. The maximum atomic E-state index is 13.4. The molecule has 0 radical (unpaired) electrons. The van der Waals surface area contributed by atoms with Crippen molar-refractivity contribution in [1.82, 2.24) is 19.8 Å². The monoisotopic (exact) mass is 554 g/mol. The van der Waals surface area contributed by atoms with E-state index in [0.717, 1.165) is 58.5 Å². The number of pyridine rings is 1. The van der Waals surface area contributed by atoms with E-state index in [4.69, 9.17) is 39.5 Å². The van der Waals surface area contributed by atoms with Gasteiger partial charge in [0, 0.05) is 49.9 Å². The lowest BCUT2D eigenvalue weighted by Crippen LogP contribution is -2.34. The average molecular weight is 556 g/mol. The number of carbonyl (C=O) groups excluding carboxylic acids is 1. The molecule has 3 heterocycles. The number of rotatable bonds is 6. The van der Waals surface area contributed by atoms with Gasteiger partial charge in [0.1, 0.15) is 10.9 Å². The molecule has 0 saturated carbocycles. The number of benzene rings is 2. The molecule has 37 heavy (non-hydrogen) atoms. The normalized spacial score (nSPS) is 13.7. The molecule has 0 unspecified atom stereocenters. The van der Waals surface area contributed by atoms with Crippen molar-refractivity contribution in [2.45, 2.75) is 19.5 Å². The maximum Gasteiger partial charge on any atom is 0.326 e. The van der Waals surface area contributed by atoms with E-state index in [2.05, 4.69) is 27.4 Å². The molecule has 0 fully saturated rings. The largest absolute Gasteiger partial charge is 0.497 e. The van der Waals surface area contributed by atoms with Crippen LogP contribution in [0.15, 0.2) is 60.8 Å². The molecule has 1 aliphatic rings. The number of ether oxygens (including phenoxy) is 1. The van der Waals surface area contributed by atoms with Gasteiger partial charge < -0.3 is 10.1 Å². The van der Waals surface area contributed by atoms with Crippen LogP contribution >= 0.6 is 34.8 Å². The molecule has 9 heteroatoms. The zero-order valence-corrected chi connectivity index (χ0v) is 22.4. The lowest BCUT2D eigenvalue weighted by molar-refractivity contribution is 0.240. The molecular weight excluding hydrogens is 531 g/mol. The topological polar surface area (TPSA) is 59.4 Å². The van der Waals surface area contributed by atoms with Gasteiger partial charge >= 0.3 is 6.03 Å². The van der Waals surface area contributed by atoms with Crippen LogP contribution in [0.3, 0.4) is 0 Å². The van der Waals surface area contributed by atoms with Gasteiger partial charge in [-0.2, -0.15) is 0 Å². The second-order valence-corrected chi connectivity index (χ2v) is 10.1. The highest BCUT2D eigenvalue weighted by Gasteiger charge is 2.27. The first-order valence-corrected chi connectivity index (χ1v) is 13.0. The van der Waals surface area contributed by atoms with Crippen molar-refractivity contribution < 1.29 is 9.53 Å². The Hall–Kier alpha value is -3.03. The van der Waals surface area contributed by atoms with Crippen LogP contribution in [0.2, 0.25) is 15.2 Å². The van der Waals surface area contributed by atoms with Crippen LogP contribution in [0.5, 0.6) is 5.75 Å². The van der Waals surface area contributed by atoms with Crippen LogP contribution in [0.25, 0.3) is 17.0 Å². The first-order valence-electron chi connectivity index (χ1n) is 11.9. The van der Waals surface area contributed by atoms with Crippen molar-refractivity contribution in [2.75, 3.05) is 20.2 Å². The number of halogens is 3. The quantitative estimate of drug-likeness (QED) is 0.265. The van der Waals surface area contributed by atoms with Crippen molar-refractivity contribution in [1.29, 1.82) is 0 Å². The van der Waals surface area contributed by atoms with Crippen molar-refractivity contribution in [3.63, 3.8) is 0 Å². The van der Waals surface area contributed by atoms with Gasteiger partial charge in [-0.05, 0) is 53.1 Å². The minimum absolute atomic E-state index is 0.217. The Morgan fingerprint density at radius 3 is 2.65 bits per heavy atom. The first-order chi connectivity index (χ1) is 17.9. The van der Waals surface area contributed by atoms with E-state index >= 15 is 0 Å². The third kappa shape index (κ3) is 5.63. The number of amides is 1. The van der Waals surface area contributed by atoms with Gasteiger partial charge in [0.2, 0.25) is 0 Å². The van der Waals surface area contributed by atoms with E-state index in [1.165, 1.54) is 0 Å². The molecule has 4 aromatic rings. The van der Waals surface area contributed by atoms with Crippen molar-refractivity contribution in [3.05, 3.63) is 98.4 Å². The van der Waals surface area contributed by atoms with Crippen LogP contribution in [0, 0.1) is 0 Å². The Labute approximate surface area is 230 Å². The number of nitrogens with zero attached hydrogens (tertiary/aromatic N) is 3. The summed E-state index contributed by atoms with van der Waals surface area (Å²) < 4.78 is 6.96. The number of hydrogen-bond donors (Lipinski definition) is 1. The van der Waals surface area contributed by atoms with Crippen molar-refractivity contribution in [2.24, 2.45) is 0 Å². The fourth-order valence-electron chi connectivity index (χ4n) is 4.65. The van der Waals surface area contributed by atoms with Crippen LogP contribution in [-0.4, -0.2) is 40.7 Å². The summed E-state index contributed by atoms with van der Waals surface area (Å²) in [4.78, 5) is 19.7. The van der Waals surface area contributed by atoms with Gasteiger partial charge in [-0.15, -0.1) is 0 Å². The number of carbonyl (C=O) groups is 1. The van der Waals surface area contributed by atoms with E-state index in [1.807, 2.05) is 36.4 Å². The van der Waals surface area contributed by atoms with E-state index in [-0.39, 0.29) is 6.03 Å². The molecule has 190 valence electrons. The summed E-state index contributed by atoms with van der Waals surface area (Å²) in [5.74, 6) is 0.837. The summed E-state index contributed by atoms with van der Waals surface area (Å²) in [7, 11) is 1.66. The first kappa shape index (κ1) is 25.6. The van der Waals surface area contributed by atoms with Gasteiger partial charge in [-0.3, -0.25) is 9.47 Å². The number of methoxy groups -OCH3 is 1. The summed E-state index contributed by atoms with van der Waals surface area (Å²) in [6.07, 6.45) is 6.61. The van der Waals surface area contributed by atoms with Crippen LogP contribution in [-0.2, 0) is 19.5 Å². The summed E-state index contributed by atoms with van der Waals surface area (Å²) in [6, 6.07) is 14.9. The number of hydrogen-bond acceptors (Lipinski definition) is 4. The predicted molar refractivity (Wildman–Crippen MR) is 150 cm³/mol. The van der Waals surface area contributed by atoms with E-state index < -0.39 is 0 Å². The molecular formula is C28H25Cl3N4O2. The molecule has 1 N–H and O–H groups in total. The lowest BCUT2D eigenvalue weighted by Gasteiger charge is -2.27. The molecule has 6 nitrogen and oxygen atoms in total. The summed E-state index contributed by atoms with van der Waals surface area (Å²) >= 11 is 18.7. The second kappa shape index (κ2) is 11.2. The van der Waals surface area contributed by atoms with Crippen molar-refractivity contribution in [3.8, 4) is 5.75 Å². The minimum Gasteiger partial charge on any atom is -0.497 e. The smallest absolute Gasteiger partial charge is 0.326 e. The van der Waals surface area contributed by atoms with Gasteiger partial charge in [-0.1, -0.05) is 59.1 Å². The fourth-order valence-corrected chi connectivity index (χ4v) is 5.17. The molecule has 0 saturated heterocycles. The minimum atomic E-state index is -0.217. The van der Waals surface area contributed by atoms with Gasteiger partial charge in [-0.25, -0.2) is 9.78 Å². The van der Waals surface area contributed by atoms with E-state index in [9.17, 15) is 4.79 Å². The van der Waals surface area contributed by atoms with Crippen LogP contribution in [0.1, 0.15) is 22.4 Å². The standard InChI is InChI=1S/C28H25Cl3N4O2/c1-37-20-6-4-18(5-7-20)3-2-11-34-12-9-25-22(17-34)21-14-23(29)24(30)15-26(21)35(25)28(36)33-16-19-8-10-32-27(31)13-19/h2-8,10,13-15H,9,11-12,16-17H2,1H3,(H,33,36)/b3-2+. The predicted octanol–water partition coefficient (Wildman–Crippen LogP) is 6.83. The van der Waals surface area contributed by atoms with E-state index in [0.29, 0.717) is 28.3 Å². The zero-order chi connectivity index (χ0) is 25.9. The molecule has 2 aromatic heterocycles. The third-order valence-electron chi connectivity index (χ3n) is 6.50. The third-order valence-corrected chi connectivity index (χ3v) is 7.43. The Balaban J connectivity index is 1.38. The Bertz CT molecular complexity index is 1480. The van der Waals surface area contributed by atoms with Crippen LogP contribution < -0.4 is 10.1 Å². The molecule has 0 bridgehead atoms. The SMILES string of the molecule is COc1ccc(/C=C/CN2CCc3c(c4cc(Cl)c(Cl)cc4n3C(=O)NCc3ccnc(Cl)c3)C2)cc1. The number of aromatic nitrogens is 2. The average Bonchev–Trinajstić information content (AvgIpc) is 3.20. The number of fused-ring (bicyclic) bond motifs is 3. The summed E-state index contributed by atoms with van der Waals surface area (Å²) in [5, 5.41) is 5.22. The fraction of sp³-hybridized carbons (Fsp3) is 0.214. The Morgan fingerprint density at radius 2 is 1.89 bits per heavy atom. The molecule has 5 rings (SSSR count). The Kier molecular flexibility index (Phi) is 7.72.